The number of nitrogens with one attached hydrogen (secondary N) is 2. The smallest absolute Gasteiger partial charge is 0.329 e. The standard InChI is InChI=1S/C21H23ClN2O4/c1-12-7-5-8-16(11-12)20(26)23-14(3)21(27)28-15(4)19(25)24-18-10-6-9-17(22)13(18)2/h5-11,14-15H,1-4H3,(H,23,26)(H,24,25)/t14-,15+/m0/s1. The largest absolute Gasteiger partial charge is 0.451 e. The quantitative estimate of drug-likeness (QED) is 0.722. The van der Waals surface area contributed by atoms with E-state index in [2.05, 4.69) is 10.6 Å². The van der Waals surface area contributed by atoms with Gasteiger partial charge in [-0.15, -0.1) is 0 Å². The van der Waals surface area contributed by atoms with Crippen LogP contribution in [0, 0.1) is 13.8 Å². The van der Waals surface area contributed by atoms with Gasteiger partial charge in [0.1, 0.15) is 6.04 Å². The average molecular weight is 403 g/mol. The van der Waals surface area contributed by atoms with Crippen molar-refractivity contribution >= 4 is 35.1 Å². The number of carbonyl (C=O) groups excluding carboxylic acids is 3. The molecule has 0 aliphatic carbocycles. The van der Waals surface area contributed by atoms with Crippen LogP contribution in [0.5, 0.6) is 0 Å². The van der Waals surface area contributed by atoms with Crippen LogP contribution in [0.4, 0.5) is 5.69 Å². The van der Waals surface area contributed by atoms with Crippen molar-refractivity contribution in [3.8, 4) is 0 Å². The van der Waals surface area contributed by atoms with Crippen LogP contribution in [-0.4, -0.2) is 29.9 Å². The summed E-state index contributed by atoms with van der Waals surface area (Å²) in [7, 11) is 0. The maximum atomic E-state index is 12.3. The molecule has 0 fully saturated rings. The van der Waals surface area contributed by atoms with E-state index in [0.717, 1.165) is 11.1 Å². The van der Waals surface area contributed by atoms with Gasteiger partial charge in [-0.25, -0.2) is 4.79 Å². The fourth-order valence-electron chi connectivity index (χ4n) is 2.43. The van der Waals surface area contributed by atoms with Crippen LogP contribution in [0.25, 0.3) is 0 Å². The van der Waals surface area contributed by atoms with Crippen LogP contribution in [0.3, 0.4) is 0 Å². The Morgan fingerprint density at radius 3 is 2.39 bits per heavy atom. The molecule has 6 nitrogen and oxygen atoms in total. The molecule has 0 radical (unpaired) electrons. The number of benzene rings is 2. The molecule has 2 N–H and O–H groups in total. The summed E-state index contributed by atoms with van der Waals surface area (Å²) in [5.41, 5.74) is 2.64. The van der Waals surface area contributed by atoms with E-state index in [4.69, 9.17) is 16.3 Å². The van der Waals surface area contributed by atoms with Gasteiger partial charge in [-0.2, -0.15) is 0 Å². The molecule has 2 amide bonds. The Morgan fingerprint density at radius 2 is 1.71 bits per heavy atom. The molecular formula is C21H23ClN2O4. The highest BCUT2D eigenvalue weighted by atomic mass is 35.5. The van der Waals surface area contributed by atoms with Crippen molar-refractivity contribution in [3.63, 3.8) is 0 Å². The summed E-state index contributed by atoms with van der Waals surface area (Å²) >= 11 is 6.03. The van der Waals surface area contributed by atoms with Gasteiger partial charge >= 0.3 is 5.97 Å². The number of carbonyl (C=O) groups is 3. The van der Waals surface area contributed by atoms with E-state index in [-0.39, 0.29) is 5.91 Å². The second kappa shape index (κ2) is 9.37. The Morgan fingerprint density at radius 1 is 1.04 bits per heavy atom. The molecule has 0 unspecified atom stereocenters. The third-order valence-electron chi connectivity index (χ3n) is 4.17. The van der Waals surface area contributed by atoms with Gasteiger partial charge in [-0.1, -0.05) is 35.4 Å². The number of anilines is 1. The van der Waals surface area contributed by atoms with Crippen molar-refractivity contribution < 1.29 is 19.1 Å². The average Bonchev–Trinajstić information content (AvgIpc) is 2.65. The van der Waals surface area contributed by atoms with Crippen molar-refractivity contribution in [2.45, 2.75) is 39.8 Å². The van der Waals surface area contributed by atoms with Crippen LogP contribution in [0.2, 0.25) is 5.02 Å². The van der Waals surface area contributed by atoms with E-state index >= 15 is 0 Å². The van der Waals surface area contributed by atoms with E-state index in [1.165, 1.54) is 13.8 Å². The van der Waals surface area contributed by atoms with E-state index in [0.29, 0.717) is 16.3 Å². The third kappa shape index (κ3) is 5.57. The number of amides is 2. The van der Waals surface area contributed by atoms with Gasteiger partial charge in [0.25, 0.3) is 11.8 Å². The molecule has 2 aromatic carbocycles. The van der Waals surface area contributed by atoms with E-state index in [1.54, 1.807) is 43.3 Å². The molecule has 0 spiro atoms. The number of ether oxygens (including phenoxy) is 1. The molecule has 28 heavy (non-hydrogen) atoms. The molecular weight excluding hydrogens is 380 g/mol. The molecule has 2 rings (SSSR count). The van der Waals surface area contributed by atoms with Crippen LogP contribution in [-0.2, 0) is 14.3 Å². The van der Waals surface area contributed by atoms with Crippen molar-refractivity contribution in [3.05, 3.63) is 64.2 Å². The zero-order chi connectivity index (χ0) is 20.8. The van der Waals surface area contributed by atoms with E-state index in [9.17, 15) is 14.4 Å². The monoisotopic (exact) mass is 402 g/mol. The molecule has 0 aromatic heterocycles. The highest BCUT2D eigenvalue weighted by molar-refractivity contribution is 6.31. The van der Waals surface area contributed by atoms with Crippen LogP contribution < -0.4 is 10.6 Å². The normalized spacial score (nSPS) is 12.6. The molecule has 2 aromatic rings. The predicted octanol–water partition coefficient (Wildman–Crippen LogP) is 3.65. The summed E-state index contributed by atoms with van der Waals surface area (Å²) < 4.78 is 5.18. The van der Waals surface area contributed by atoms with Crippen molar-refractivity contribution in [2.75, 3.05) is 5.32 Å². The number of halogens is 1. The first-order valence-corrected chi connectivity index (χ1v) is 9.21. The van der Waals surface area contributed by atoms with Crippen LogP contribution in [0.1, 0.15) is 35.3 Å². The van der Waals surface area contributed by atoms with Crippen molar-refractivity contribution in [2.24, 2.45) is 0 Å². The van der Waals surface area contributed by atoms with Crippen molar-refractivity contribution in [1.29, 1.82) is 0 Å². The van der Waals surface area contributed by atoms with Gasteiger partial charge in [-0.05, 0) is 57.5 Å². The molecule has 2 atom stereocenters. The molecule has 0 bridgehead atoms. The third-order valence-corrected chi connectivity index (χ3v) is 4.58. The maximum absolute atomic E-state index is 12.3. The number of rotatable bonds is 6. The molecule has 0 aliphatic heterocycles. The predicted molar refractivity (Wildman–Crippen MR) is 108 cm³/mol. The lowest BCUT2D eigenvalue weighted by Crippen LogP contribution is -2.42. The first-order chi connectivity index (χ1) is 13.2. The lowest BCUT2D eigenvalue weighted by Gasteiger charge is -2.18. The lowest BCUT2D eigenvalue weighted by molar-refractivity contribution is -0.154. The summed E-state index contributed by atoms with van der Waals surface area (Å²) in [6, 6.07) is 11.2. The Labute approximate surface area is 169 Å². The SMILES string of the molecule is Cc1cccc(C(=O)N[C@@H](C)C(=O)O[C@H](C)C(=O)Nc2cccc(Cl)c2C)c1. The van der Waals surface area contributed by atoms with Gasteiger partial charge in [0.2, 0.25) is 0 Å². The maximum Gasteiger partial charge on any atom is 0.329 e. The van der Waals surface area contributed by atoms with E-state index < -0.39 is 24.0 Å². The lowest BCUT2D eigenvalue weighted by atomic mass is 10.1. The summed E-state index contributed by atoms with van der Waals surface area (Å²) in [6.45, 7) is 6.61. The highest BCUT2D eigenvalue weighted by Gasteiger charge is 2.24. The van der Waals surface area contributed by atoms with Gasteiger partial charge < -0.3 is 15.4 Å². The fourth-order valence-corrected chi connectivity index (χ4v) is 2.61. The molecule has 0 saturated carbocycles. The summed E-state index contributed by atoms with van der Waals surface area (Å²) in [6.07, 6.45) is -1.04. The number of hydrogen-bond acceptors (Lipinski definition) is 4. The van der Waals surface area contributed by atoms with Crippen LogP contribution in [0.15, 0.2) is 42.5 Å². The first-order valence-electron chi connectivity index (χ1n) is 8.83. The Hall–Kier alpha value is -2.86. The summed E-state index contributed by atoms with van der Waals surface area (Å²) in [4.78, 5) is 36.8. The Kier molecular flexibility index (Phi) is 7.18. The minimum Gasteiger partial charge on any atom is -0.451 e. The minimum absolute atomic E-state index is 0.389. The second-order valence-corrected chi connectivity index (χ2v) is 6.95. The molecule has 148 valence electrons. The zero-order valence-corrected chi connectivity index (χ0v) is 17.0. The Balaban J connectivity index is 1.92. The number of esters is 1. The number of hydrogen-bond donors (Lipinski definition) is 2. The minimum atomic E-state index is -1.04. The summed E-state index contributed by atoms with van der Waals surface area (Å²) in [5, 5.41) is 5.77. The second-order valence-electron chi connectivity index (χ2n) is 6.55. The zero-order valence-electron chi connectivity index (χ0n) is 16.2. The van der Waals surface area contributed by atoms with E-state index in [1.807, 2.05) is 13.0 Å². The molecule has 0 heterocycles. The number of aryl methyl sites for hydroxylation is 1. The molecule has 7 heteroatoms. The molecule has 0 aliphatic rings. The van der Waals surface area contributed by atoms with Crippen molar-refractivity contribution in [1.82, 2.24) is 5.32 Å². The topological polar surface area (TPSA) is 84.5 Å². The highest BCUT2D eigenvalue weighted by Crippen LogP contribution is 2.23. The first kappa shape index (κ1) is 21.4. The van der Waals surface area contributed by atoms with Crippen LogP contribution >= 0.6 is 11.6 Å². The van der Waals surface area contributed by atoms with Gasteiger partial charge in [0.05, 0.1) is 0 Å². The fraction of sp³-hybridized carbons (Fsp3) is 0.286. The summed E-state index contributed by atoms with van der Waals surface area (Å²) in [5.74, 6) is -1.58. The van der Waals surface area contributed by atoms with Gasteiger partial charge in [-0.3, -0.25) is 9.59 Å². The molecule has 0 saturated heterocycles. The van der Waals surface area contributed by atoms with Gasteiger partial charge in [0.15, 0.2) is 6.10 Å². The van der Waals surface area contributed by atoms with Gasteiger partial charge in [0, 0.05) is 16.3 Å². The Bertz CT molecular complexity index is 898.